The van der Waals surface area contributed by atoms with E-state index in [1.54, 1.807) is 4.68 Å². The Morgan fingerprint density at radius 3 is 2.52 bits per heavy atom. The summed E-state index contributed by atoms with van der Waals surface area (Å²) in [6, 6.07) is 7.65. The Morgan fingerprint density at radius 1 is 1.24 bits per heavy atom. The van der Waals surface area contributed by atoms with Crippen molar-refractivity contribution in [3.8, 4) is 0 Å². The van der Waals surface area contributed by atoms with Crippen molar-refractivity contribution in [3.05, 3.63) is 52.5 Å². The van der Waals surface area contributed by atoms with Crippen LogP contribution >= 0.6 is 0 Å². The molecular formula is C15H17N5O. The molecular weight excluding hydrogens is 266 g/mol. The van der Waals surface area contributed by atoms with Gasteiger partial charge < -0.3 is 11.1 Å². The first-order chi connectivity index (χ1) is 9.97. The molecule has 1 aliphatic rings. The number of nitrogens with zero attached hydrogens (tertiary/aromatic N) is 3. The number of benzene rings is 1. The number of fused-ring (bicyclic) bond motifs is 1. The third kappa shape index (κ3) is 2.18. The number of hydrogen-bond donors (Lipinski definition) is 2. The van der Waals surface area contributed by atoms with Gasteiger partial charge in [0.05, 0.1) is 5.57 Å². The Labute approximate surface area is 122 Å². The molecule has 3 N–H and O–H groups in total. The van der Waals surface area contributed by atoms with Crippen LogP contribution in [0.2, 0.25) is 0 Å². The zero-order valence-electron chi connectivity index (χ0n) is 12.2. The second-order valence-electron chi connectivity index (χ2n) is 5.27. The average molecular weight is 283 g/mol. The third-order valence-corrected chi connectivity index (χ3v) is 3.62. The summed E-state index contributed by atoms with van der Waals surface area (Å²) in [6.45, 7) is 5.67. The topological polar surface area (TPSA) is 85.8 Å². The molecule has 108 valence electrons. The van der Waals surface area contributed by atoms with E-state index >= 15 is 0 Å². The summed E-state index contributed by atoms with van der Waals surface area (Å²) in [7, 11) is 0. The van der Waals surface area contributed by atoms with E-state index in [1.807, 2.05) is 45.0 Å². The lowest BCUT2D eigenvalue weighted by atomic mass is 9.95. The van der Waals surface area contributed by atoms with Crippen LogP contribution in [0.15, 0.2) is 35.5 Å². The van der Waals surface area contributed by atoms with Crippen LogP contribution in [0.3, 0.4) is 0 Å². The smallest absolute Gasteiger partial charge is 0.248 e. The molecule has 0 unspecified atom stereocenters. The molecule has 0 aliphatic carbocycles. The number of carbonyl (C=O) groups is 1. The standard InChI is InChI=1S/C15H17N5O/c1-8-4-6-11(7-5-8)13-12(14(16)21)9(2)17-15-18-10(3)19-20(13)15/h4-7,13H,1-3H3,(H2,16,21)(H,17,18,19)/t13-/m1/s1. The monoisotopic (exact) mass is 283 g/mol. The largest absolute Gasteiger partial charge is 0.366 e. The summed E-state index contributed by atoms with van der Waals surface area (Å²) < 4.78 is 1.72. The molecule has 3 rings (SSSR count). The van der Waals surface area contributed by atoms with Crippen molar-refractivity contribution in [3.63, 3.8) is 0 Å². The van der Waals surface area contributed by atoms with Gasteiger partial charge in [0.15, 0.2) is 0 Å². The van der Waals surface area contributed by atoms with E-state index in [2.05, 4.69) is 15.4 Å². The van der Waals surface area contributed by atoms with Crippen LogP contribution in [-0.4, -0.2) is 20.7 Å². The van der Waals surface area contributed by atoms with Gasteiger partial charge in [0.2, 0.25) is 11.9 Å². The predicted molar refractivity (Wildman–Crippen MR) is 79.6 cm³/mol. The molecule has 6 heteroatoms. The van der Waals surface area contributed by atoms with Gasteiger partial charge in [-0.2, -0.15) is 10.1 Å². The molecule has 1 aromatic carbocycles. The molecule has 2 aromatic rings. The van der Waals surface area contributed by atoms with E-state index in [-0.39, 0.29) is 6.04 Å². The predicted octanol–water partition coefficient (Wildman–Crippen LogP) is 1.67. The number of aryl methyl sites for hydroxylation is 2. The van der Waals surface area contributed by atoms with Gasteiger partial charge in [-0.15, -0.1) is 0 Å². The van der Waals surface area contributed by atoms with Crippen molar-refractivity contribution < 1.29 is 4.79 Å². The van der Waals surface area contributed by atoms with Crippen molar-refractivity contribution in [2.45, 2.75) is 26.8 Å². The van der Waals surface area contributed by atoms with Gasteiger partial charge in [0.25, 0.3) is 0 Å². The van der Waals surface area contributed by atoms with Crippen LogP contribution in [0.5, 0.6) is 0 Å². The Kier molecular flexibility index (Phi) is 3.01. The molecule has 0 spiro atoms. The maximum atomic E-state index is 11.9. The maximum Gasteiger partial charge on any atom is 0.248 e. The van der Waals surface area contributed by atoms with Crippen LogP contribution in [0.25, 0.3) is 0 Å². The Balaban J connectivity index is 2.21. The van der Waals surface area contributed by atoms with Gasteiger partial charge in [-0.3, -0.25) is 4.79 Å². The number of carbonyl (C=O) groups excluding carboxylic acids is 1. The number of anilines is 1. The van der Waals surface area contributed by atoms with Crippen molar-refractivity contribution in [1.29, 1.82) is 0 Å². The lowest BCUT2D eigenvalue weighted by Crippen LogP contribution is -2.31. The molecule has 0 bridgehead atoms. The fourth-order valence-corrected chi connectivity index (χ4v) is 2.63. The molecule has 1 aliphatic heterocycles. The van der Waals surface area contributed by atoms with Gasteiger partial charge >= 0.3 is 0 Å². The second-order valence-corrected chi connectivity index (χ2v) is 5.27. The van der Waals surface area contributed by atoms with E-state index in [4.69, 9.17) is 5.73 Å². The summed E-state index contributed by atoms with van der Waals surface area (Å²) in [4.78, 5) is 16.2. The first-order valence-electron chi connectivity index (χ1n) is 6.74. The Bertz CT molecular complexity index is 742. The summed E-state index contributed by atoms with van der Waals surface area (Å²) >= 11 is 0. The van der Waals surface area contributed by atoms with Crippen LogP contribution in [0.1, 0.15) is 29.9 Å². The van der Waals surface area contributed by atoms with Gasteiger partial charge in [-0.05, 0) is 26.3 Å². The molecule has 21 heavy (non-hydrogen) atoms. The van der Waals surface area contributed by atoms with Crippen LogP contribution in [-0.2, 0) is 4.79 Å². The molecule has 0 fully saturated rings. The molecule has 1 atom stereocenters. The van der Waals surface area contributed by atoms with Gasteiger partial charge in [-0.25, -0.2) is 4.68 Å². The second kappa shape index (κ2) is 4.73. The number of amides is 1. The minimum absolute atomic E-state index is 0.347. The molecule has 6 nitrogen and oxygen atoms in total. The average Bonchev–Trinajstić information content (AvgIpc) is 2.77. The number of nitrogens with two attached hydrogens (primary N) is 1. The van der Waals surface area contributed by atoms with Crippen molar-refractivity contribution >= 4 is 11.9 Å². The highest BCUT2D eigenvalue weighted by Crippen LogP contribution is 2.34. The van der Waals surface area contributed by atoms with Crippen LogP contribution in [0, 0.1) is 13.8 Å². The molecule has 0 saturated heterocycles. The van der Waals surface area contributed by atoms with Crippen LogP contribution < -0.4 is 11.1 Å². The lowest BCUT2D eigenvalue weighted by molar-refractivity contribution is -0.115. The summed E-state index contributed by atoms with van der Waals surface area (Å²) in [5, 5.41) is 7.49. The zero-order chi connectivity index (χ0) is 15.1. The van der Waals surface area contributed by atoms with E-state index in [0.717, 1.165) is 11.1 Å². The highest BCUT2D eigenvalue weighted by Gasteiger charge is 2.32. The zero-order valence-corrected chi connectivity index (χ0v) is 12.2. The minimum Gasteiger partial charge on any atom is -0.366 e. The fraction of sp³-hybridized carbons (Fsp3) is 0.267. The summed E-state index contributed by atoms with van der Waals surface area (Å²) in [5.74, 6) is 0.818. The lowest BCUT2D eigenvalue weighted by Gasteiger charge is -2.27. The number of nitrogens with one attached hydrogen (secondary N) is 1. The first kappa shape index (κ1) is 13.4. The third-order valence-electron chi connectivity index (χ3n) is 3.62. The maximum absolute atomic E-state index is 11.9. The van der Waals surface area contributed by atoms with E-state index in [1.165, 1.54) is 0 Å². The SMILES string of the molecule is CC1=C(C(N)=O)[C@@H](c2ccc(C)cc2)n2nc(C)nc2N1. The van der Waals surface area contributed by atoms with Gasteiger partial charge in [-0.1, -0.05) is 29.8 Å². The summed E-state index contributed by atoms with van der Waals surface area (Å²) in [5.41, 5.74) is 8.92. The minimum atomic E-state index is -0.454. The van der Waals surface area contributed by atoms with Crippen molar-refractivity contribution in [1.82, 2.24) is 14.8 Å². The number of hydrogen-bond acceptors (Lipinski definition) is 4. The number of rotatable bonds is 2. The van der Waals surface area contributed by atoms with E-state index in [9.17, 15) is 4.79 Å². The van der Waals surface area contributed by atoms with Gasteiger partial charge in [0, 0.05) is 5.70 Å². The molecule has 0 radical (unpaired) electrons. The van der Waals surface area contributed by atoms with Gasteiger partial charge in [0.1, 0.15) is 11.9 Å². The molecule has 1 amide bonds. The fourth-order valence-electron chi connectivity index (χ4n) is 2.63. The normalized spacial score (nSPS) is 17.4. The molecule has 0 saturated carbocycles. The first-order valence-corrected chi connectivity index (χ1v) is 6.74. The Hall–Kier alpha value is -2.63. The summed E-state index contributed by atoms with van der Waals surface area (Å²) in [6.07, 6.45) is 0. The Morgan fingerprint density at radius 2 is 1.90 bits per heavy atom. The van der Waals surface area contributed by atoms with Crippen molar-refractivity contribution in [2.75, 3.05) is 5.32 Å². The highest BCUT2D eigenvalue weighted by atomic mass is 16.1. The quantitative estimate of drug-likeness (QED) is 0.877. The van der Waals surface area contributed by atoms with E-state index in [0.29, 0.717) is 23.0 Å². The molecule has 1 aromatic heterocycles. The highest BCUT2D eigenvalue weighted by molar-refractivity contribution is 5.95. The number of primary amides is 1. The molecule has 2 heterocycles. The van der Waals surface area contributed by atoms with E-state index < -0.39 is 5.91 Å². The number of allylic oxidation sites excluding steroid dienone is 1. The number of aromatic nitrogens is 3. The van der Waals surface area contributed by atoms with Crippen molar-refractivity contribution in [2.24, 2.45) is 5.73 Å². The van der Waals surface area contributed by atoms with Crippen LogP contribution in [0.4, 0.5) is 5.95 Å².